The largest absolute Gasteiger partial charge is 0.493 e. The monoisotopic (exact) mass is 354 g/mol. The summed E-state index contributed by atoms with van der Waals surface area (Å²) in [6.07, 6.45) is 9.90. The zero-order valence-electron chi connectivity index (χ0n) is 15.5. The summed E-state index contributed by atoms with van der Waals surface area (Å²) in [5.41, 5.74) is 2.24. The molecule has 1 amide bonds. The van der Waals surface area contributed by atoms with Crippen molar-refractivity contribution >= 4 is 17.8 Å². The van der Waals surface area contributed by atoms with E-state index in [1.54, 1.807) is 19.2 Å². The number of rotatable bonds is 7. The number of allylic oxidation sites excluding steroid dienone is 2. The zero-order chi connectivity index (χ0) is 18.5. The lowest BCUT2D eigenvalue weighted by molar-refractivity contribution is 0.0777. The van der Waals surface area contributed by atoms with E-state index in [0.717, 1.165) is 31.3 Å². The van der Waals surface area contributed by atoms with Gasteiger partial charge in [0, 0.05) is 18.8 Å². The maximum atomic E-state index is 12.9. The van der Waals surface area contributed by atoms with Gasteiger partial charge in [-0.15, -0.1) is 0 Å². The maximum absolute atomic E-state index is 12.9. The van der Waals surface area contributed by atoms with Crippen LogP contribution in [0, 0.1) is 0 Å². The molecule has 5 nitrogen and oxygen atoms in total. The number of hydrogen-bond donors (Lipinski definition) is 0. The van der Waals surface area contributed by atoms with Gasteiger partial charge in [0.15, 0.2) is 11.5 Å². The second-order valence-corrected chi connectivity index (χ2v) is 6.62. The van der Waals surface area contributed by atoms with Gasteiger partial charge in [0.05, 0.1) is 31.0 Å². The minimum atomic E-state index is -0.0318. The topological polar surface area (TPSA) is 51.1 Å². The molecule has 2 aliphatic heterocycles. The molecular weight excluding hydrogens is 328 g/mol. The van der Waals surface area contributed by atoms with E-state index in [1.165, 1.54) is 0 Å². The van der Waals surface area contributed by atoms with Crippen LogP contribution in [0.2, 0.25) is 0 Å². The Kier molecular flexibility index (Phi) is 5.76. The van der Waals surface area contributed by atoms with Crippen molar-refractivity contribution in [1.82, 2.24) is 4.90 Å². The Balaban J connectivity index is 1.78. The van der Waals surface area contributed by atoms with Crippen molar-refractivity contribution < 1.29 is 14.3 Å². The molecule has 0 saturated carbocycles. The Morgan fingerprint density at radius 2 is 2.19 bits per heavy atom. The lowest BCUT2D eigenvalue weighted by Gasteiger charge is -2.20. The quantitative estimate of drug-likeness (QED) is 0.542. The number of nitrogens with zero attached hydrogens (tertiary/aromatic N) is 2. The number of amides is 1. The number of carbonyl (C=O) groups is 1. The highest BCUT2D eigenvalue weighted by molar-refractivity contribution is 6.03. The number of fused-ring (bicyclic) bond motifs is 2. The van der Waals surface area contributed by atoms with Gasteiger partial charge in [0.1, 0.15) is 0 Å². The van der Waals surface area contributed by atoms with Crippen LogP contribution in [0.1, 0.15) is 43.0 Å². The summed E-state index contributed by atoms with van der Waals surface area (Å²) in [6, 6.07) is 3.54. The number of aliphatic imine (C=N–C) groups is 1. The summed E-state index contributed by atoms with van der Waals surface area (Å²) in [4.78, 5) is 19.3. The zero-order valence-corrected chi connectivity index (χ0v) is 15.5. The van der Waals surface area contributed by atoms with E-state index in [2.05, 4.69) is 30.6 Å². The molecule has 26 heavy (non-hydrogen) atoms. The van der Waals surface area contributed by atoms with Crippen LogP contribution < -0.4 is 9.47 Å². The highest BCUT2D eigenvalue weighted by Gasteiger charge is 2.34. The van der Waals surface area contributed by atoms with Gasteiger partial charge in [-0.25, -0.2) is 0 Å². The SMILES string of the molecule is C=C1CC2C=Nc3cc(OCCC/C=C/CC)c(OC)cc3C(=O)N2C1. The molecule has 1 aromatic carbocycles. The van der Waals surface area contributed by atoms with Crippen LogP contribution >= 0.6 is 0 Å². The third kappa shape index (κ3) is 3.82. The fraction of sp³-hybridized carbons (Fsp3) is 0.429. The Bertz CT molecular complexity index is 752. The second-order valence-electron chi connectivity index (χ2n) is 6.62. The molecule has 5 heteroatoms. The van der Waals surface area contributed by atoms with Crippen LogP contribution in [-0.4, -0.2) is 43.3 Å². The number of hydrogen-bond acceptors (Lipinski definition) is 4. The summed E-state index contributed by atoms with van der Waals surface area (Å²) in [5.74, 6) is 1.16. The lowest BCUT2D eigenvalue weighted by atomic mass is 10.1. The summed E-state index contributed by atoms with van der Waals surface area (Å²) in [7, 11) is 1.59. The van der Waals surface area contributed by atoms with Crippen LogP contribution in [0.25, 0.3) is 0 Å². The van der Waals surface area contributed by atoms with E-state index >= 15 is 0 Å². The molecule has 1 unspecified atom stereocenters. The molecule has 138 valence electrons. The van der Waals surface area contributed by atoms with Gasteiger partial charge in [0.2, 0.25) is 0 Å². The molecule has 0 aliphatic carbocycles. The van der Waals surface area contributed by atoms with Crippen LogP contribution in [0.5, 0.6) is 11.5 Å². The first-order valence-corrected chi connectivity index (χ1v) is 9.15. The Hall–Kier alpha value is -2.56. The van der Waals surface area contributed by atoms with E-state index in [1.807, 2.05) is 11.1 Å². The fourth-order valence-corrected chi connectivity index (χ4v) is 3.27. The number of methoxy groups -OCH3 is 1. The van der Waals surface area contributed by atoms with Crippen molar-refractivity contribution in [2.24, 2.45) is 4.99 Å². The third-order valence-electron chi connectivity index (χ3n) is 4.63. The number of ether oxygens (including phenoxy) is 2. The predicted molar refractivity (Wildman–Crippen MR) is 104 cm³/mol. The van der Waals surface area contributed by atoms with Crippen molar-refractivity contribution in [3.05, 3.63) is 42.0 Å². The highest BCUT2D eigenvalue weighted by atomic mass is 16.5. The van der Waals surface area contributed by atoms with Gasteiger partial charge >= 0.3 is 0 Å². The first-order chi connectivity index (χ1) is 12.6. The minimum Gasteiger partial charge on any atom is -0.493 e. The number of benzene rings is 1. The van der Waals surface area contributed by atoms with E-state index in [0.29, 0.717) is 35.9 Å². The minimum absolute atomic E-state index is 0.0110. The molecule has 1 fully saturated rings. The highest BCUT2D eigenvalue weighted by Crippen LogP contribution is 2.38. The molecule has 2 aliphatic rings. The van der Waals surface area contributed by atoms with E-state index in [4.69, 9.17) is 9.47 Å². The van der Waals surface area contributed by atoms with Gasteiger partial charge in [0.25, 0.3) is 5.91 Å². The molecular formula is C21H26N2O3. The Morgan fingerprint density at radius 1 is 1.35 bits per heavy atom. The van der Waals surface area contributed by atoms with Gasteiger partial charge in [-0.05, 0) is 31.7 Å². The molecule has 0 radical (unpaired) electrons. The molecule has 2 heterocycles. The standard InChI is InChI=1S/C21H26N2O3/c1-4-5-6-7-8-9-26-20-12-18-17(11-19(20)25-3)21(24)23-14-15(2)10-16(23)13-22-18/h5-6,11-13,16H,2,4,7-10,14H2,1,3H3/b6-5+. The average molecular weight is 354 g/mol. The Morgan fingerprint density at radius 3 is 2.96 bits per heavy atom. The first-order valence-electron chi connectivity index (χ1n) is 9.15. The predicted octanol–water partition coefficient (Wildman–Crippen LogP) is 4.31. The lowest BCUT2D eigenvalue weighted by Crippen LogP contribution is -2.35. The van der Waals surface area contributed by atoms with Gasteiger partial charge in [-0.1, -0.05) is 31.2 Å². The normalized spacial score (nSPS) is 18.8. The molecule has 1 atom stereocenters. The Labute approximate surface area is 155 Å². The van der Waals surface area contributed by atoms with Crippen LogP contribution in [0.3, 0.4) is 0 Å². The van der Waals surface area contributed by atoms with Crippen molar-refractivity contribution in [3.63, 3.8) is 0 Å². The smallest absolute Gasteiger partial charge is 0.257 e. The van der Waals surface area contributed by atoms with Crippen molar-refractivity contribution in [3.8, 4) is 11.5 Å². The van der Waals surface area contributed by atoms with Crippen molar-refractivity contribution in [2.45, 2.75) is 38.6 Å². The molecule has 3 rings (SSSR count). The third-order valence-corrected chi connectivity index (χ3v) is 4.63. The number of unbranched alkanes of at least 4 members (excludes halogenated alkanes) is 1. The summed E-state index contributed by atoms with van der Waals surface area (Å²) >= 11 is 0. The molecule has 1 saturated heterocycles. The van der Waals surface area contributed by atoms with Crippen LogP contribution in [0.15, 0.2) is 41.4 Å². The van der Waals surface area contributed by atoms with E-state index in [-0.39, 0.29) is 11.9 Å². The van der Waals surface area contributed by atoms with E-state index in [9.17, 15) is 4.79 Å². The van der Waals surface area contributed by atoms with Gasteiger partial charge in [-0.2, -0.15) is 0 Å². The molecule has 0 spiro atoms. The molecule has 1 aromatic rings. The van der Waals surface area contributed by atoms with Crippen molar-refractivity contribution in [2.75, 3.05) is 20.3 Å². The fourth-order valence-electron chi connectivity index (χ4n) is 3.27. The summed E-state index contributed by atoms with van der Waals surface area (Å²) in [6.45, 7) is 7.30. The maximum Gasteiger partial charge on any atom is 0.257 e. The second kappa shape index (κ2) is 8.21. The summed E-state index contributed by atoms with van der Waals surface area (Å²) in [5, 5.41) is 0. The van der Waals surface area contributed by atoms with Crippen LogP contribution in [-0.2, 0) is 0 Å². The molecule has 0 bridgehead atoms. The molecule has 0 N–H and O–H groups in total. The van der Waals surface area contributed by atoms with Crippen LogP contribution in [0.4, 0.5) is 5.69 Å². The van der Waals surface area contributed by atoms with Gasteiger partial charge in [-0.3, -0.25) is 9.79 Å². The first kappa shape index (κ1) is 18.2. The van der Waals surface area contributed by atoms with E-state index < -0.39 is 0 Å². The molecule has 0 aromatic heterocycles. The number of carbonyl (C=O) groups excluding carboxylic acids is 1. The van der Waals surface area contributed by atoms with Crippen molar-refractivity contribution in [1.29, 1.82) is 0 Å². The average Bonchev–Trinajstić information content (AvgIpc) is 2.97. The van der Waals surface area contributed by atoms with Gasteiger partial charge < -0.3 is 14.4 Å². The summed E-state index contributed by atoms with van der Waals surface area (Å²) < 4.78 is 11.3.